The number of aryl methyl sites for hydroxylation is 4. The number of ether oxygens (including phenoxy) is 3. The molecule has 4 amide bonds. The maximum Gasteiger partial charge on any atom is 0.342 e. The third-order valence-corrected chi connectivity index (χ3v) is 5.68. The van der Waals surface area contributed by atoms with Crippen molar-refractivity contribution in [3.63, 3.8) is 0 Å². The highest BCUT2D eigenvalue weighted by molar-refractivity contribution is 6.26. The highest BCUT2D eigenvalue weighted by atomic mass is 16.5. The Labute approximate surface area is 237 Å². The second-order valence-corrected chi connectivity index (χ2v) is 8.74. The molecule has 0 saturated heterocycles. The van der Waals surface area contributed by atoms with E-state index in [4.69, 9.17) is 30.0 Å². The lowest BCUT2D eigenvalue weighted by molar-refractivity contribution is -0.116. The summed E-state index contributed by atoms with van der Waals surface area (Å²) < 4.78 is 14.5. The van der Waals surface area contributed by atoms with Gasteiger partial charge in [-0.1, -0.05) is 24.3 Å². The minimum Gasteiger partial charge on any atom is -0.388 e. The summed E-state index contributed by atoms with van der Waals surface area (Å²) in [5.74, 6) is -0.323. The van der Waals surface area contributed by atoms with E-state index in [2.05, 4.69) is 0 Å². The summed E-state index contributed by atoms with van der Waals surface area (Å²) in [5.41, 5.74) is 3.57. The van der Waals surface area contributed by atoms with Crippen molar-refractivity contribution in [1.29, 1.82) is 15.8 Å². The maximum atomic E-state index is 13.2. The topological polar surface area (TPSA) is 157 Å². The van der Waals surface area contributed by atoms with Crippen molar-refractivity contribution in [2.45, 2.75) is 41.5 Å². The van der Waals surface area contributed by atoms with Crippen molar-refractivity contribution < 1.29 is 28.6 Å². The molecule has 3 aromatic rings. The van der Waals surface area contributed by atoms with Gasteiger partial charge in [0.2, 0.25) is 11.8 Å². The van der Waals surface area contributed by atoms with Gasteiger partial charge in [0, 0.05) is 26.0 Å². The lowest BCUT2D eigenvalue weighted by Gasteiger charge is -2.27. The lowest BCUT2D eigenvalue weighted by atomic mass is 10.1. The number of carbonyl (C=O) groups is 3. The fourth-order valence-corrected chi connectivity index (χ4v) is 3.59. The second-order valence-electron chi connectivity index (χ2n) is 8.74. The molecule has 0 bridgehead atoms. The number of benzene rings is 3. The Bertz CT molecular complexity index is 1510. The molecule has 0 fully saturated rings. The van der Waals surface area contributed by atoms with E-state index in [1.54, 1.807) is 44.7 Å². The smallest absolute Gasteiger partial charge is 0.342 e. The van der Waals surface area contributed by atoms with Gasteiger partial charge in [0.1, 0.15) is 17.2 Å². The molecule has 208 valence electrons. The standard InChI is InChI=1S/C21H18N4O5.C9H9NO/c1-13-5-7-17(9-19(13)29-11-22)24(15(3)26)21(28)25(16(4)27)18-8-6-14(2)20(10-18)30-12-23;1-7-3-4-8(2)9(5-7)11-6-10/h5-10H,1-4H3;3-5H,1-2H3. The van der Waals surface area contributed by atoms with Crippen molar-refractivity contribution in [3.8, 4) is 36.0 Å². The van der Waals surface area contributed by atoms with E-state index >= 15 is 0 Å². The first-order valence-corrected chi connectivity index (χ1v) is 12.1. The van der Waals surface area contributed by atoms with Gasteiger partial charge >= 0.3 is 6.03 Å². The number of imide groups is 2. The Morgan fingerprint density at radius 2 is 0.927 bits per heavy atom. The normalized spacial score (nSPS) is 9.44. The van der Waals surface area contributed by atoms with Crippen molar-refractivity contribution in [1.82, 2.24) is 0 Å². The number of hydrogen-bond acceptors (Lipinski definition) is 9. The summed E-state index contributed by atoms with van der Waals surface area (Å²) in [5, 5.41) is 25.8. The molecule has 41 heavy (non-hydrogen) atoms. The minimum absolute atomic E-state index is 0.121. The molecule has 3 aromatic carbocycles. The van der Waals surface area contributed by atoms with E-state index in [1.165, 1.54) is 38.1 Å². The Morgan fingerprint density at radius 1 is 0.585 bits per heavy atom. The quantitative estimate of drug-likeness (QED) is 0.361. The van der Waals surface area contributed by atoms with Crippen molar-refractivity contribution in [3.05, 3.63) is 76.9 Å². The number of hydrogen-bond donors (Lipinski definition) is 0. The number of urea groups is 1. The Balaban J connectivity index is 0.000000446. The molecule has 11 heteroatoms. The molecule has 0 spiro atoms. The Hall–Kier alpha value is -5.86. The molecular weight excluding hydrogens is 526 g/mol. The van der Waals surface area contributed by atoms with Crippen LogP contribution in [0.3, 0.4) is 0 Å². The monoisotopic (exact) mass is 553 g/mol. The Morgan fingerprint density at radius 3 is 1.27 bits per heavy atom. The van der Waals surface area contributed by atoms with Gasteiger partial charge in [-0.3, -0.25) is 9.59 Å². The van der Waals surface area contributed by atoms with Crippen LogP contribution < -0.4 is 24.0 Å². The average Bonchev–Trinajstić information content (AvgIpc) is 2.90. The molecule has 11 nitrogen and oxygen atoms in total. The van der Waals surface area contributed by atoms with Crippen LogP contribution in [0, 0.1) is 62.2 Å². The molecule has 0 heterocycles. The van der Waals surface area contributed by atoms with Gasteiger partial charge in [0.05, 0.1) is 11.4 Å². The molecule has 0 saturated carbocycles. The predicted octanol–water partition coefficient (Wildman–Crippen LogP) is 5.71. The molecule has 0 aliphatic heterocycles. The van der Waals surface area contributed by atoms with Gasteiger partial charge in [-0.05, 0) is 68.1 Å². The second kappa shape index (κ2) is 14.3. The maximum absolute atomic E-state index is 13.2. The number of nitrogens with zero attached hydrogens (tertiary/aromatic N) is 5. The summed E-state index contributed by atoms with van der Waals surface area (Å²) >= 11 is 0. The fraction of sp³-hybridized carbons (Fsp3) is 0.200. The summed E-state index contributed by atoms with van der Waals surface area (Å²) in [4.78, 5) is 39.4. The number of anilines is 2. The summed E-state index contributed by atoms with van der Waals surface area (Å²) in [6.45, 7) is 9.60. The number of nitriles is 3. The molecular formula is C30H27N5O6. The molecule has 0 atom stereocenters. The SMILES string of the molecule is CC(=O)N(C(=O)N(C(C)=O)c1ccc(C)c(OC#N)c1)c1ccc(C)c(OC#N)c1.Cc1ccc(C)c(OC#N)c1. The van der Waals surface area contributed by atoms with Crippen LogP contribution in [0.15, 0.2) is 54.6 Å². The van der Waals surface area contributed by atoms with Crippen LogP contribution in [0.5, 0.6) is 17.2 Å². The first kappa shape index (κ1) is 31.4. The number of carbonyl (C=O) groups excluding carboxylic acids is 3. The van der Waals surface area contributed by atoms with Gasteiger partial charge in [-0.25, -0.2) is 14.6 Å². The van der Waals surface area contributed by atoms with E-state index < -0.39 is 17.8 Å². The third-order valence-electron chi connectivity index (χ3n) is 5.68. The zero-order valence-electron chi connectivity index (χ0n) is 23.4. The molecule has 0 aliphatic rings. The van der Waals surface area contributed by atoms with Crippen molar-refractivity contribution in [2.75, 3.05) is 9.80 Å². The number of rotatable bonds is 5. The van der Waals surface area contributed by atoms with Crippen LogP contribution in [0.1, 0.15) is 36.1 Å². The van der Waals surface area contributed by atoms with E-state index in [0.717, 1.165) is 20.9 Å². The van der Waals surface area contributed by atoms with Crippen LogP contribution in [0.25, 0.3) is 0 Å². The summed E-state index contributed by atoms with van der Waals surface area (Å²) in [6.07, 6.45) is 4.75. The van der Waals surface area contributed by atoms with Gasteiger partial charge in [0.15, 0.2) is 0 Å². The van der Waals surface area contributed by atoms with Crippen LogP contribution in [-0.2, 0) is 9.59 Å². The van der Waals surface area contributed by atoms with E-state index in [9.17, 15) is 14.4 Å². The zero-order chi connectivity index (χ0) is 30.7. The Kier molecular flexibility index (Phi) is 11.0. The largest absolute Gasteiger partial charge is 0.388 e. The van der Waals surface area contributed by atoms with E-state index in [0.29, 0.717) is 16.9 Å². The molecule has 0 unspecified atom stereocenters. The van der Waals surface area contributed by atoms with Crippen LogP contribution in [0.2, 0.25) is 0 Å². The van der Waals surface area contributed by atoms with Crippen LogP contribution in [-0.4, -0.2) is 17.8 Å². The minimum atomic E-state index is -0.937. The van der Waals surface area contributed by atoms with E-state index in [-0.39, 0.29) is 22.9 Å². The van der Waals surface area contributed by atoms with Crippen LogP contribution in [0.4, 0.5) is 16.2 Å². The first-order chi connectivity index (χ1) is 19.4. The zero-order valence-corrected chi connectivity index (χ0v) is 23.4. The lowest BCUT2D eigenvalue weighted by Crippen LogP contribution is -2.48. The van der Waals surface area contributed by atoms with Gasteiger partial charge in [0.25, 0.3) is 18.8 Å². The van der Waals surface area contributed by atoms with Crippen LogP contribution >= 0.6 is 0 Å². The molecule has 3 rings (SSSR count). The molecule has 0 N–H and O–H groups in total. The van der Waals surface area contributed by atoms with Gasteiger partial charge < -0.3 is 14.2 Å². The molecule has 0 radical (unpaired) electrons. The van der Waals surface area contributed by atoms with Gasteiger partial charge in [-0.2, -0.15) is 0 Å². The highest BCUT2D eigenvalue weighted by Gasteiger charge is 2.30. The summed E-state index contributed by atoms with van der Waals surface area (Å²) in [6, 6.07) is 13.7. The van der Waals surface area contributed by atoms with Gasteiger partial charge in [-0.15, -0.1) is 15.8 Å². The fourth-order valence-electron chi connectivity index (χ4n) is 3.59. The first-order valence-electron chi connectivity index (χ1n) is 12.1. The predicted molar refractivity (Wildman–Crippen MR) is 149 cm³/mol. The molecule has 0 aromatic heterocycles. The number of amides is 4. The highest BCUT2D eigenvalue weighted by Crippen LogP contribution is 2.30. The molecule has 0 aliphatic carbocycles. The van der Waals surface area contributed by atoms with Crippen molar-refractivity contribution in [2.24, 2.45) is 0 Å². The summed E-state index contributed by atoms with van der Waals surface area (Å²) in [7, 11) is 0. The third kappa shape index (κ3) is 8.06. The van der Waals surface area contributed by atoms with Crippen molar-refractivity contribution >= 4 is 29.2 Å². The van der Waals surface area contributed by atoms with E-state index in [1.807, 2.05) is 32.0 Å². The average molecular weight is 554 g/mol.